The summed E-state index contributed by atoms with van der Waals surface area (Å²) in [5, 5.41) is 6.42. The first-order valence-electron chi connectivity index (χ1n) is 7.17. The smallest absolute Gasteiger partial charge is 0.181 e. The molecule has 5 rings (SSSR count). The Labute approximate surface area is 139 Å². The largest absolute Gasteiger partial charge is 0.375 e. The molecule has 23 heavy (non-hydrogen) atoms. The zero-order valence-corrected chi connectivity index (χ0v) is 13.7. The van der Waals surface area contributed by atoms with E-state index in [-0.39, 0.29) is 0 Å². The van der Waals surface area contributed by atoms with Crippen molar-refractivity contribution in [2.45, 2.75) is 0 Å². The Hall–Kier alpha value is -2.50. The fourth-order valence-corrected chi connectivity index (χ4v) is 4.62. The molecule has 3 nitrogen and oxygen atoms in total. The molecule has 5 heteroatoms. The zero-order chi connectivity index (χ0) is 15.6. The lowest BCUT2D eigenvalue weighted by molar-refractivity contribution is 1.47. The maximum atomic E-state index is 5.85. The Morgan fingerprint density at radius 1 is 0.870 bits per heavy atom. The molecule has 3 aromatic carbocycles. The first-order chi connectivity index (χ1) is 11.2. The fraction of sp³-hybridized carbons (Fsp3) is 0. The summed E-state index contributed by atoms with van der Waals surface area (Å²) in [5.74, 6) is 0. The van der Waals surface area contributed by atoms with Gasteiger partial charge in [-0.1, -0.05) is 30.0 Å². The van der Waals surface area contributed by atoms with E-state index in [1.807, 2.05) is 0 Å². The Kier molecular flexibility index (Phi) is 2.54. The molecule has 2 N–H and O–H groups in total. The van der Waals surface area contributed by atoms with Crippen molar-refractivity contribution in [2.24, 2.45) is 0 Å². The summed E-state index contributed by atoms with van der Waals surface area (Å²) >= 11 is 3.20. The van der Waals surface area contributed by atoms with Gasteiger partial charge in [-0.15, -0.1) is 11.3 Å². The molecule has 0 amide bonds. The van der Waals surface area contributed by atoms with E-state index in [9.17, 15) is 0 Å². The SMILES string of the molecule is C=Cc1nc2cc3ccc4cc5nc(N)sc5cc4c3cc2s1. The van der Waals surface area contributed by atoms with Crippen LogP contribution in [-0.2, 0) is 0 Å². The Morgan fingerprint density at radius 2 is 1.48 bits per heavy atom. The molecule has 2 heterocycles. The predicted octanol–water partition coefficient (Wildman–Crippen LogP) is 5.44. The summed E-state index contributed by atoms with van der Waals surface area (Å²) in [6, 6.07) is 13.0. The van der Waals surface area contributed by atoms with E-state index < -0.39 is 0 Å². The lowest BCUT2D eigenvalue weighted by Gasteiger charge is -2.04. The van der Waals surface area contributed by atoms with Gasteiger partial charge in [-0.3, -0.25) is 0 Å². The Balaban J connectivity index is 1.95. The van der Waals surface area contributed by atoms with Crippen molar-refractivity contribution < 1.29 is 0 Å². The lowest BCUT2D eigenvalue weighted by Crippen LogP contribution is -1.80. The van der Waals surface area contributed by atoms with E-state index in [2.05, 4.69) is 52.9 Å². The van der Waals surface area contributed by atoms with Crippen LogP contribution in [0.3, 0.4) is 0 Å². The summed E-state index contributed by atoms with van der Waals surface area (Å²) in [7, 11) is 0. The van der Waals surface area contributed by atoms with Gasteiger partial charge >= 0.3 is 0 Å². The topological polar surface area (TPSA) is 51.8 Å². The standard InChI is InChI=1S/C18H11N3S2/c1-2-17-20-13-5-9-3-4-10-6-14-16(23-18(19)21-14)8-12(10)11(9)7-15(13)22-17/h2-8H,1H2,(H2,19,21). The number of anilines is 1. The highest BCUT2D eigenvalue weighted by atomic mass is 32.1. The van der Waals surface area contributed by atoms with E-state index in [0.717, 1.165) is 20.7 Å². The molecule has 5 aromatic rings. The van der Waals surface area contributed by atoms with Gasteiger partial charge < -0.3 is 5.73 Å². The van der Waals surface area contributed by atoms with Crippen molar-refractivity contribution in [3.05, 3.63) is 48.0 Å². The third-order valence-electron chi connectivity index (χ3n) is 4.06. The van der Waals surface area contributed by atoms with E-state index in [0.29, 0.717) is 5.13 Å². The molecule has 0 radical (unpaired) electrons. The molecule has 0 unspecified atom stereocenters. The molecule has 0 saturated heterocycles. The van der Waals surface area contributed by atoms with Crippen LogP contribution in [0.25, 0.3) is 48.1 Å². The lowest BCUT2D eigenvalue weighted by atomic mass is 10.0. The Bertz CT molecular complexity index is 1250. The van der Waals surface area contributed by atoms with E-state index >= 15 is 0 Å². The van der Waals surface area contributed by atoms with Crippen LogP contribution in [-0.4, -0.2) is 9.97 Å². The second kappa shape index (κ2) is 4.50. The van der Waals surface area contributed by atoms with Gasteiger partial charge in [0.25, 0.3) is 0 Å². The summed E-state index contributed by atoms with van der Waals surface area (Å²) in [6.45, 7) is 3.81. The number of nitrogen functional groups attached to an aromatic ring is 1. The first kappa shape index (κ1) is 13.0. The second-order valence-corrected chi connectivity index (χ2v) is 7.58. The maximum Gasteiger partial charge on any atom is 0.181 e. The van der Waals surface area contributed by atoms with Crippen LogP contribution in [0.2, 0.25) is 0 Å². The quantitative estimate of drug-likeness (QED) is 0.416. The zero-order valence-electron chi connectivity index (χ0n) is 12.0. The first-order valence-corrected chi connectivity index (χ1v) is 8.80. The normalized spacial score (nSPS) is 11.8. The molecule has 110 valence electrons. The van der Waals surface area contributed by atoms with Crippen molar-refractivity contribution in [1.29, 1.82) is 0 Å². The molecule has 0 spiro atoms. The Morgan fingerprint density at radius 3 is 2.13 bits per heavy atom. The van der Waals surface area contributed by atoms with Gasteiger partial charge in [0.2, 0.25) is 0 Å². The summed E-state index contributed by atoms with van der Waals surface area (Å²) in [6.07, 6.45) is 1.80. The van der Waals surface area contributed by atoms with Crippen LogP contribution < -0.4 is 5.73 Å². The van der Waals surface area contributed by atoms with Crippen LogP contribution in [0, 0.1) is 0 Å². The number of fused-ring (bicyclic) bond motifs is 5. The number of rotatable bonds is 1. The number of benzene rings is 3. The number of hydrogen-bond donors (Lipinski definition) is 1. The number of aromatic nitrogens is 2. The maximum absolute atomic E-state index is 5.85. The highest BCUT2D eigenvalue weighted by molar-refractivity contribution is 7.22. The van der Waals surface area contributed by atoms with Gasteiger partial charge in [-0.25, -0.2) is 9.97 Å². The van der Waals surface area contributed by atoms with Crippen LogP contribution in [0.4, 0.5) is 5.13 Å². The van der Waals surface area contributed by atoms with E-state index in [1.54, 1.807) is 17.4 Å². The van der Waals surface area contributed by atoms with Crippen LogP contribution in [0.1, 0.15) is 5.01 Å². The monoisotopic (exact) mass is 333 g/mol. The van der Waals surface area contributed by atoms with Crippen LogP contribution >= 0.6 is 22.7 Å². The minimum atomic E-state index is 0.611. The van der Waals surface area contributed by atoms with Gasteiger partial charge in [0.15, 0.2) is 5.13 Å². The van der Waals surface area contributed by atoms with E-state index in [1.165, 1.54) is 37.6 Å². The number of nitrogens with zero attached hydrogens (tertiary/aromatic N) is 2. The molecule has 0 bridgehead atoms. The third kappa shape index (κ3) is 1.87. The van der Waals surface area contributed by atoms with Crippen molar-refractivity contribution in [3.63, 3.8) is 0 Å². The minimum Gasteiger partial charge on any atom is -0.375 e. The number of hydrogen-bond acceptors (Lipinski definition) is 5. The molecule has 0 saturated carbocycles. The molecular weight excluding hydrogens is 322 g/mol. The average molecular weight is 333 g/mol. The van der Waals surface area contributed by atoms with Gasteiger partial charge in [-0.2, -0.15) is 0 Å². The van der Waals surface area contributed by atoms with Gasteiger partial charge in [0.1, 0.15) is 5.01 Å². The van der Waals surface area contributed by atoms with Crippen LogP contribution in [0.5, 0.6) is 0 Å². The van der Waals surface area contributed by atoms with Gasteiger partial charge in [-0.05, 0) is 51.9 Å². The van der Waals surface area contributed by atoms with Crippen molar-refractivity contribution in [1.82, 2.24) is 9.97 Å². The number of thiazole rings is 2. The molecule has 0 aliphatic heterocycles. The van der Waals surface area contributed by atoms with Crippen LogP contribution in [0.15, 0.2) is 43.0 Å². The third-order valence-corrected chi connectivity index (χ3v) is 5.92. The molecule has 0 fully saturated rings. The average Bonchev–Trinajstić information content (AvgIpc) is 3.11. The molecule has 0 aliphatic carbocycles. The molecule has 2 aromatic heterocycles. The summed E-state index contributed by atoms with van der Waals surface area (Å²) in [5.41, 5.74) is 7.84. The summed E-state index contributed by atoms with van der Waals surface area (Å²) < 4.78 is 2.31. The van der Waals surface area contributed by atoms with Crippen molar-refractivity contribution >= 4 is 75.9 Å². The van der Waals surface area contributed by atoms with Gasteiger partial charge in [0.05, 0.1) is 20.4 Å². The molecule has 0 aliphatic rings. The minimum absolute atomic E-state index is 0.611. The van der Waals surface area contributed by atoms with Crippen molar-refractivity contribution in [2.75, 3.05) is 5.73 Å². The second-order valence-electron chi connectivity index (χ2n) is 5.46. The highest BCUT2D eigenvalue weighted by Crippen LogP contribution is 2.35. The molecule has 0 atom stereocenters. The molecular formula is C18H11N3S2. The highest BCUT2D eigenvalue weighted by Gasteiger charge is 2.09. The summed E-state index contributed by atoms with van der Waals surface area (Å²) in [4.78, 5) is 8.98. The van der Waals surface area contributed by atoms with Gasteiger partial charge in [0, 0.05) is 0 Å². The van der Waals surface area contributed by atoms with E-state index in [4.69, 9.17) is 5.73 Å². The van der Waals surface area contributed by atoms with Crippen molar-refractivity contribution in [3.8, 4) is 0 Å². The number of nitrogens with two attached hydrogens (primary N) is 1. The predicted molar refractivity (Wildman–Crippen MR) is 102 cm³/mol. The fourth-order valence-electron chi connectivity index (χ4n) is 3.02.